The third-order valence-corrected chi connectivity index (χ3v) is 4.08. The minimum absolute atomic E-state index is 0.0426. The number of amides is 1. The number of carbonyl (C=O) groups is 1. The lowest BCUT2D eigenvalue weighted by Gasteiger charge is -2.27. The van der Waals surface area contributed by atoms with Gasteiger partial charge in [-0.15, -0.1) is 0 Å². The molecule has 3 rings (SSSR count). The minimum Gasteiger partial charge on any atom is -0.480 e. The molecular weight excluding hydrogens is 298 g/mol. The van der Waals surface area contributed by atoms with E-state index in [1.807, 2.05) is 27.7 Å². The Balaban J connectivity index is 1.75. The summed E-state index contributed by atoms with van der Waals surface area (Å²) in [6.45, 7) is 8.08. The van der Waals surface area contributed by atoms with Crippen molar-refractivity contribution in [1.82, 2.24) is 14.9 Å². The van der Waals surface area contributed by atoms with Crippen molar-refractivity contribution in [3.63, 3.8) is 0 Å². The Hall–Kier alpha value is -2.05. The van der Waals surface area contributed by atoms with E-state index in [9.17, 15) is 4.79 Å². The van der Waals surface area contributed by atoms with Gasteiger partial charge in [0.1, 0.15) is 16.9 Å². The summed E-state index contributed by atoms with van der Waals surface area (Å²) in [6.07, 6.45) is 2.59. The van der Waals surface area contributed by atoms with E-state index in [4.69, 9.17) is 14.2 Å². The molecule has 7 heteroatoms. The number of carbonyl (C=O) groups excluding carboxylic acids is 1. The zero-order valence-electron chi connectivity index (χ0n) is 14.3. The summed E-state index contributed by atoms with van der Waals surface area (Å²) < 4.78 is 16.7. The van der Waals surface area contributed by atoms with E-state index in [1.54, 1.807) is 18.2 Å². The molecule has 1 spiro atoms. The van der Waals surface area contributed by atoms with Gasteiger partial charge >= 0.3 is 6.09 Å². The maximum atomic E-state index is 12.4. The van der Waals surface area contributed by atoms with Gasteiger partial charge in [-0.25, -0.2) is 14.8 Å². The lowest BCUT2D eigenvalue weighted by molar-refractivity contribution is 0.0188. The Morgan fingerprint density at radius 2 is 2.22 bits per heavy atom. The van der Waals surface area contributed by atoms with Crippen LogP contribution in [0.25, 0.3) is 0 Å². The summed E-state index contributed by atoms with van der Waals surface area (Å²) >= 11 is 0. The molecule has 0 aromatic carbocycles. The van der Waals surface area contributed by atoms with Gasteiger partial charge < -0.3 is 19.1 Å². The van der Waals surface area contributed by atoms with Crippen LogP contribution in [0.4, 0.5) is 4.79 Å². The number of hydrogen-bond donors (Lipinski definition) is 0. The maximum Gasteiger partial charge on any atom is 0.410 e. The molecule has 2 atom stereocenters. The van der Waals surface area contributed by atoms with Crippen molar-refractivity contribution < 1.29 is 19.0 Å². The Kier molecular flexibility index (Phi) is 3.61. The zero-order valence-corrected chi connectivity index (χ0v) is 14.3. The molecule has 7 nitrogen and oxygen atoms in total. The highest BCUT2D eigenvalue weighted by molar-refractivity contribution is 5.69. The standard InChI is InChI=1S/C16H23N3O4/c1-10-6-16(9-19(10)14(20)23-15(2,3)4)7-11-13(22-16)17-8-12(18-11)21-5/h8,10H,6-7,9H2,1-5H3/t10-,16?/m0/s1. The third kappa shape index (κ3) is 3.04. The Bertz CT molecular complexity index is 628. The number of likely N-dealkylation sites (tertiary alicyclic amines) is 1. The SMILES string of the molecule is COc1cnc2c(n1)CC1(C[C@H](C)N(C(=O)OC(C)(C)C)C1)O2. The zero-order chi connectivity index (χ0) is 16.8. The van der Waals surface area contributed by atoms with E-state index in [1.165, 1.54) is 0 Å². The second kappa shape index (κ2) is 5.25. The summed E-state index contributed by atoms with van der Waals surface area (Å²) in [7, 11) is 1.56. The predicted molar refractivity (Wildman–Crippen MR) is 82.7 cm³/mol. The van der Waals surface area contributed by atoms with Gasteiger partial charge in [-0.05, 0) is 27.7 Å². The third-order valence-electron chi connectivity index (χ3n) is 4.08. The van der Waals surface area contributed by atoms with E-state index >= 15 is 0 Å². The molecule has 1 saturated heterocycles. The molecule has 1 fully saturated rings. The second-order valence-electron chi connectivity index (χ2n) is 7.29. The number of hydrogen-bond acceptors (Lipinski definition) is 6. The van der Waals surface area contributed by atoms with Crippen molar-refractivity contribution in [3.05, 3.63) is 11.9 Å². The van der Waals surface area contributed by atoms with E-state index in [2.05, 4.69) is 9.97 Å². The smallest absolute Gasteiger partial charge is 0.410 e. The average molecular weight is 321 g/mol. The molecule has 2 aliphatic heterocycles. The molecule has 1 amide bonds. The lowest BCUT2D eigenvalue weighted by atomic mass is 9.97. The first-order chi connectivity index (χ1) is 10.7. The van der Waals surface area contributed by atoms with Gasteiger partial charge in [-0.2, -0.15) is 0 Å². The van der Waals surface area contributed by atoms with E-state index in [0.717, 1.165) is 12.1 Å². The first-order valence-electron chi connectivity index (χ1n) is 7.80. The van der Waals surface area contributed by atoms with Gasteiger partial charge in [0.2, 0.25) is 11.8 Å². The predicted octanol–water partition coefficient (Wildman–Crippen LogP) is 2.19. The van der Waals surface area contributed by atoms with E-state index < -0.39 is 11.2 Å². The molecule has 1 unspecified atom stereocenters. The van der Waals surface area contributed by atoms with Crippen LogP contribution in [-0.2, 0) is 11.2 Å². The quantitative estimate of drug-likeness (QED) is 0.789. The van der Waals surface area contributed by atoms with Crippen LogP contribution in [0.2, 0.25) is 0 Å². The van der Waals surface area contributed by atoms with E-state index in [-0.39, 0.29) is 12.1 Å². The van der Waals surface area contributed by atoms with Crippen molar-refractivity contribution in [2.24, 2.45) is 0 Å². The van der Waals surface area contributed by atoms with Crippen molar-refractivity contribution in [2.45, 2.75) is 57.8 Å². The van der Waals surface area contributed by atoms with Gasteiger partial charge in [-0.1, -0.05) is 0 Å². The molecule has 126 valence electrons. The molecule has 0 aliphatic carbocycles. The summed E-state index contributed by atoms with van der Waals surface area (Å²) in [5, 5.41) is 0. The Morgan fingerprint density at radius 1 is 1.48 bits per heavy atom. The highest BCUT2D eigenvalue weighted by atomic mass is 16.6. The second-order valence-corrected chi connectivity index (χ2v) is 7.29. The van der Waals surface area contributed by atoms with Crippen molar-refractivity contribution in [3.8, 4) is 11.8 Å². The number of fused-ring (bicyclic) bond motifs is 1. The Morgan fingerprint density at radius 3 is 2.87 bits per heavy atom. The first kappa shape index (κ1) is 15.8. The topological polar surface area (TPSA) is 73.8 Å². The molecule has 3 heterocycles. The molecule has 0 bridgehead atoms. The van der Waals surface area contributed by atoms with Crippen LogP contribution in [-0.4, -0.2) is 51.9 Å². The van der Waals surface area contributed by atoms with Crippen molar-refractivity contribution >= 4 is 6.09 Å². The lowest BCUT2D eigenvalue weighted by Crippen LogP contribution is -2.42. The summed E-state index contributed by atoms with van der Waals surface area (Å²) in [4.78, 5) is 22.8. The molecular formula is C16H23N3O4. The average Bonchev–Trinajstić information content (AvgIpc) is 2.95. The normalized spacial score (nSPS) is 26.1. The van der Waals surface area contributed by atoms with E-state index in [0.29, 0.717) is 24.7 Å². The fourth-order valence-electron chi connectivity index (χ4n) is 3.19. The molecule has 1 aromatic heterocycles. The summed E-state index contributed by atoms with van der Waals surface area (Å²) in [5.41, 5.74) is -0.198. The largest absolute Gasteiger partial charge is 0.480 e. The van der Waals surface area contributed by atoms with Crippen LogP contribution in [0.3, 0.4) is 0 Å². The van der Waals surface area contributed by atoms with Gasteiger partial charge in [0.25, 0.3) is 0 Å². The highest BCUT2D eigenvalue weighted by Gasteiger charge is 2.51. The van der Waals surface area contributed by atoms with Gasteiger partial charge in [0.05, 0.1) is 19.9 Å². The number of aromatic nitrogens is 2. The van der Waals surface area contributed by atoms with Gasteiger partial charge in [0.15, 0.2) is 0 Å². The summed E-state index contributed by atoms with van der Waals surface area (Å²) in [5.74, 6) is 1.00. The molecule has 23 heavy (non-hydrogen) atoms. The molecule has 2 aliphatic rings. The minimum atomic E-state index is -0.511. The van der Waals surface area contributed by atoms with Crippen LogP contribution in [0.5, 0.6) is 11.8 Å². The van der Waals surface area contributed by atoms with Crippen molar-refractivity contribution in [2.75, 3.05) is 13.7 Å². The van der Waals surface area contributed by atoms with Crippen LogP contribution in [0, 0.1) is 0 Å². The number of nitrogens with zero attached hydrogens (tertiary/aromatic N) is 3. The van der Waals surface area contributed by atoms with Crippen LogP contribution >= 0.6 is 0 Å². The highest BCUT2D eigenvalue weighted by Crippen LogP contribution is 2.41. The fraction of sp³-hybridized carbons (Fsp3) is 0.688. The monoisotopic (exact) mass is 321 g/mol. The van der Waals surface area contributed by atoms with Gasteiger partial charge in [0, 0.05) is 18.9 Å². The van der Waals surface area contributed by atoms with Crippen molar-refractivity contribution in [1.29, 1.82) is 0 Å². The molecule has 0 N–H and O–H groups in total. The van der Waals surface area contributed by atoms with Crippen LogP contribution in [0.1, 0.15) is 39.8 Å². The van der Waals surface area contributed by atoms with Gasteiger partial charge in [-0.3, -0.25) is 0 Å². The molecule has 0 radical (unpaired) electrons. The molecule has 0 saturated carbocycles. The van der Waals surface area contributed by atoms with Crippen LogP contribution in [0.15, 0.2) is 6.20 Å². The fourth-order valence-corrected chi connectivity index (χ4v) is 3.19. The Labute approximate surface area is 136 Å². The molecule has 1 aromatic rings. The first-order valence-corrected chi connectivity index (χ1v) is 7.80. The van der Waals surface area contributed by atoms with Crippen LogP contribution < -0.4 is 9.47 Å². The maximum absolute atomic E-state index is 12.4. The summed E-state index contributed by atoms with van der Waals surface area (Å²) in [6, 6.07) is 0.0426. The number of methoxy groups -OCH3 is 1. The number of rotatable bonds is 1. The number of ether oxygens (including phenoxy) is 3.